The summed E-state index contributed by atoms with van der Waals surface area (Å²) in [5, 5.41) is 20.3. The Morgan fingerprint density at radius 1 is 0.643 bits per heavy atom. The second kappa shape index (κ2) is 3.21. The van der Waals surface area contributed by atoms with Crippen LogP contribution in [0, 0.1) is 23.7 Å². The summed E-state index contributed by atoms with van der Waals surface area (Å²) < 4.78 is 0. The molecule has 4 fully saturated rings. The quantitative estimate of drug-likeness (QED) is 0.617. The van der Waals surface area contributed by atoms with E-state index in [2.05, 4.69) is 0 Å². The van der Waals surface area contributed by atoms with Gasteiger partial charge in [0.1, 0.15) is 0 Å². The van der Waals surface area contributed by atoms with Gasteiger partial charge in [-0.15, -0.1) is 0 Å². The van der Waals surface area contributed by atoms with E-state index in [0.29, 0.717) is 23.7 Å². The second-order valence-electron chi connectivity index (χ2n) is 5.66. The van der Waals surface area contributed by atoms with Gasteiger partial charge in [0.15, 0.2) is 0 Å². The molecule has 2 heteroatoms. The number of aliphatic hydroxyl groups is 2. The third-order valence-corrected chi connectivity index (χ3v) is 4.90. The molecule has 0 saturated heterocycles. The Hall–Kier alpha value is -0.0800. The molecule has 0 heterocycles. The zero-order chi connectivity index (χ0) is 9.71. The molecule has 6 unspecified atom stereocenters. The molecule has 2 nitrogen and oxygen atoms in total. The van der Waals surface area contributed by atoms with Gasteiger partial charge in [-0.2, -0.15) is 0 Å². The highest BCUT2D eigenvalue weighted by Crippen LogP contribution is 2.49. The molecule has 2 N–H and O–H groups in total. The molecule has 4 aliphatic carbocycles. The van der Waals surface area contributed by atoms with Crippen molar-refractivity contribution in [2.45, 2.75) is 50.7 Å². The molecule has 0 aromatic heterocycles. The molecule has 80 valence electrons. The predicted octanol–water partition coefficient (Wildman–Crippen LogP) is 1.55. The van der Waals surface area contributed by atoms with Gasteiger partial charge in [-0.3, -0.25) is 0 Å². The van der Waals surface area contributed by atoms with E-state index in [1.54, 1.807) is 0 Å². The standard InChI is InChI=1S/C12H20O2/c13-11-7-2-1-3-8-5-10(11)6-9(4-7)12(8)14/h7-14H,1-6H2. The summed E-state index contributed by atoms with van der Waals surface area (Å²) in [4.78, 5) is 0. The van der Waals surface area contributed by atoms with Crippen molar-refractivity contribution in [2.24, 2.45) is 23.7 Å². The fourth-order valence-electron chi connectivity index (χ4n) is 4.18. The summed E-state index contributed by atoms with van der Waals surface area (Å²) in [6.45, 7) is 0. The van der Waals surface area contributed by atoms with Gasteiger partial charge in [0.2, 0.25) is 0 Å². The minimum atomic E-state index is -0.0541. The van der Waals surface area contributed by atoms with Crippen LogP contribution in [-0.2, 0) is 0 Å². The molecule has 0 aromatic rings. The first-order valence-electron chi connectivity index (χ1n) is 6.12. The smallest absolute Gasteiger partial charge is 0.0596 e. The first-order chi connectivity index (χ1) is 6.75. The highest BCUT2D eigenvalue weighted by Gasteiger charge is 2.47. The number of aliphatic hydroxyl groups excluding tert-OH is 2. The number of fused-ring (bicyclic) bond motifs is 2. The fourth-order valence-corrected chi connectivity index (χ4v) is 4.18. The average molecular weight is 196 g/mol. The van der Waals surface area contributed by atoms with E-state index in [0.717, 1.165) is 19.3 Å². The average Bonchev–Trinajstić information content (AvgIpc) is 2.18. The van der Waals surface area contributed by atoms with Crippen molar-refractivity contribution in [3.63, 3.8) is 0 Å². The van der Waals surface area contributed by atoms with Crippen molar-refractivity contribution in [2.75, 3.05) is 0 Å². The van der Waals surface area contributed by atoms with Gasteiger partial charge in [0.25, 0.3) is 0 Å². The second-order valence-corrected chi connectivity index (χ2v) is 5.66. The molecule has 4 rings (SSSR count). The molecule has 14 heavy (non-hydrogen) atoms. The topological polar surface area (TPSA) is 40.5 Å². The van der Waals surface area contributed by atoms with Crippen molar-refractivity contribution in [1.29, 1.82) is 0 Å². The Kier molecular flexibility index (Phi) is 2.10. The molecule has 4 bridgehead atoms. The minimum absolute atomic E-state index is 0.0541. The first-order valence-corrected chi connectivity index (χ1v) is 6.12. The highest BCUT2D eigenvalue weighted by molar-refractivity contribution is 4.97. The monoisotopic (exact) mass is 196 g/mol. The van der Waals surface area contributed by atoms with Crippen LogP contribution < -0.4 is 0 Å². The first kappa shape index (κ1) is 9.17. The van der Waals surface area contributed by atoms with Crippen LogP contribution in [0.3, 0.4) is 0 Å². The lowest BCUT2D eigenvalue weighted by atomic mass is 9.58. The van der Waals surface area contributed by atoms with Crippen LogP contribution in [0.1, 0.15) is 38.5 Å². The van der Waals surface area contributed by atoms with Crippen LogP contribution >= 0.6 is 0 Å². The molecule has 0 amide bonds. The van der Waals surface area contributed by atoms with E-state index in [4.69, 9.17) is 0 Å². The summed E-state index contributed by atoms with van der Waals surface area (Å²) in [6.07, 6.45) is 6.72. The lowest BCUT2D eigenvalue weighted by Crippen LogP contribution is -2.50. The van der Waals surface area contributed by atoms with E-state index in [-0.39, 0.29) is 12.2 Å². The Labute approximate surface area is 85.3 Å². The molecule has 6 atom stereocenters. The van der Waals surface area contributed by atoms with Crippen LogP contribution in [-0.4, -0.2) is 22.4 Å². The van der Waals surface area contributed by atoms with E-state index in [1.165, 1.54) is 19.3 Å². The zero-order valence-corrected chi connectivity index (χ0v) is 8.60. The molecule has 0 radical (unpaired) electrons. The summed E-state index contributed by atoms with van der Waals surface area (Å²) in [5.41, 5.74) is 0. The van der Waals surface area contributed by atoms with Crippen LogP contribution in [0.15, 0.2) is 0 Å². The van der Waals surface area contributed by atoms with Crippen LogP contribution in [0.4, 0.5) is 0 Å². The van der Waals surface area contributed by atoms with E-state index >= 15 is 0 Å². The van der Waals surface area contributed by atoms with Crippen molar-refractivity contribution in [3.05, 3.63) is 0 Å². The SMILES string of the molecule is OC1C2CCCC3CC1CC(C2)C3O. The Morgan fingerprint density at radius 2 is 1.07 bits per heavy atom. The Morgan fingerprint density at radius 3 is 1.57 bits per heavy atom. The molecule has 0 aliphatic heterocycles. The molecule has 4 saturated carbocycles. The third kappa shape index (κ3) is 1.24. The predicted molar refractivity (Wildman–Crippen MR) is 53.7 cm³/mol. The van der Waals surface area contributed by atoms with Crippen LogP contribution in [0.2, 0.25) is 0 Å². The van der Waals surface area contributed by atoms with E-state index in [1.807, 2.05) is 0 Å². The van der Waals surface area contributed by atoms with Crippen LogP contribution in [0.25, 0.3) is 0 Å². The maximum atomic E-state index is 10.1. The van der Waals surface area contributed by atoms with E-state index < -0.39 is 0 Å². The number of rotatable bonds is 0. The van der Waals surface area contributed by atoms with Crippen molar-refractivity contribution < 1.29 is 10.2 Å². The summed E-state index contributed by atoms with van der Waals surface area (Å²) in [5.74, 6) is 2.00. The lowest BCUT2D eigenvalue weighted by molar-refractivity contribution is -0.113. The highest BCUT2D eigenvalue weighted by atomic mass is 16.3. The summed E-state index contributed by atoms with van der Waals surface area (Å²) in [6, 6.07) is 0. The molecular weight excluding hydrogens is 176 g/mol. The third-order valence-electron chi connectivity index (χ3n) is 4.90. The van der Waals surface area contributed by atoms with E-state index in [9.17, 15) is 10.2 Å². The maximum Gasteiger partial charge on any atom is 0.0596 e. The fraction of sp³-hybridized carbons (Fsp3) is 1.00. The van der Waals surface area contributed by atoms with Gasteiger partial charge in [0, 0.05) is 0 Å². The minimum Gasteiger partial charge on any atom is -0.393 e. The molecule has 4 aliphatic rings. The largest absolute Gasteiger partial charge is 0.393 e. The van der Waals surface area contributed by atoms with Gasteiger partial charge in [-0.25, -0.2) is 0 Å². The normalized spacial score (nSPS) is 57.0. The van der Waals surface area contributed by atoms with Crippen LogP contribution in [0.5, 0.6) is 0 Å². The van der Waals surface area contributed by atoms with Crippen molar-refractivity contribution >= 4 is 0 Å². The van der Waals surface area contributed by atoms with Gasteiger partial charge in [-0.05, 0) is 55.8 Å². The van der Waals surface area contributed by atoms with Crippen molar-refractivity contribution in [1.82, 2.24) is 0 Å². The summed E-state index contributed by atoms with van der Waals surface area (Å²) >= 11 is 0. The maximum absolute atomic E-state index is 10.1. The Balaban J connectivity index is 1.90. The van der Waals surface area contributed by atoms with Gasteiger partial charge >= 0.3 is 0 Å². The lowest BCUT2D eigenvalue weighted by Gasteiger charge is -2.50. The van der Waals surface area contributed by atoms with Gasteiger partial charge in [0.05, 0.1) is 12.2 Å². The van der Waals surface area contributed by atoms with Crippen molar-refractivity contribution in [3.8, 4) is 0 Å². The summed E-state index contributed by atoms with van der Waals surface area (Å²) in [7, 11) is 0. The van der Waals surface area contributed by atoms with Gasteiger partial charge in [-0.1, -0.05) is 6.42 Å². The molecule has 0 aromatic carbocycles. The number of hydrogen-bond donors (Lipinski definition) is 2. The number of hydrogen-bond acceptors (Lipinski definition) is 2. The zero-order valence-electron chi connectivity index (χ0n) is 8.60. The molecule has 0 spiro atoms. The Bertz CT molecular complexity index is 198. The molecular formula is C12H20O2. The van der Waals surface area contributed by atoms with Gasteiger partial charge < -0.3 is 10.2 Å².